The van der Waals surface area contributed by atoms with E-state index in [1.54, 1.807) is 11.7 Å². The Hall–Kier alpha value is -3.07. The average molecular weight is 446 g/mol. The third kappa shape index (κ3) is 3.14. The van der Waals surface area contributed by atoms with Crippen LogP contribution in [-0.2, 0) is 17.8 Å². The van der Waals surface area contributed by atoms with Crippen LogP contribution in [0.4, 0.5) is 8.78 Å². The van der Waals surface area contributed by atoms with Gasteiger partial charge in [0.2, 0.25) is 5.43 Å². The minimum Gasteiger partial charge on any atom is -0.491 e. The van der Waals surface area contributed by atoms with E-state index in [4.69, 9.17) is 9.47 Å². The van der Waals surface area contributed by atoms with Crippen molar-refractivity contribution in [2.24, 2.45) is 5.41 Å². The largest absolute Gasteiger partial charge is 0.491 e. The molecule has 32 heavy (non-hydrogen) atoms. The maximum atomic E-state index is 13.9. The number of rotatable bonds is 5. The molecule has 2 aromatic rings. The van der Waals surface area contributed by atoms with Gasteiger partial charge in [-0.3, -0.25) is 14.4 Å². The van der Waals surface area contributed by atoms with Crippen molar-refractivity contribution < 1.29 is 27.8 Å². The second-order valence-electron chi connectivity index (χ2n) is 8.51. The molecule has 1 saturated carbocycles. The van der Waals surface area contributed by atoms with Gasteiger partial charge in [-0.05, 0) is 32.3 Å². The van der Waals surface area contributed by atoms with Gasteiger partial charge in [-0.25, -0.2) is 8.78 Å². The summed E-state index contributed by atoms with van der Waals surface area (Å²) >= 11 is 0. The van der Waals surface area contributed by atoms with Crippen LogP contribution in [-0.4, -0.2) is 36.1 Å². The molecule has 1 aromatic heterocycles. The predicted molar refractivity (Wildman–Crippen MR) is 111 cm³/mol. The summed E-state index contributed by atoms with van der Waals surface area (Å²) in [4.78, 5) is 39.3. The Morgan fingerprint density at radius 1 is 1.22 bits per heavy atom. The first-order chi connectivity index (χ1) is 15.2. The lowest BCUT2D eigenvalue weighted by atomic mass is 9.69. The molecule has 9 heteroatoms. The van der Waals surface area contributed by atoms with E-state index in [9.17, 15) is 23.2 Å². The van der Waals surface area contributed by atoms with Gasteiger partial charge in [-0.1, -0.05) is 6.07 Å². The van der Waals surface area contributed by atoms with Gasteiger partial charge in [0, 0.05) is 31.5 Å². The highest BCUT2D eigenvalue weighted by atomic mass is 19.1. The van der Waals surface area contributed by atoms with Gasteiger partial charge in [0.15, 0.2) is 11.5 Å². The summed E-state index contributed by atoms with van der Waals surface area (Å²) in [7, 11) is 2.84. The van der Waals surface area contributed by atoms with E-state index in [1.807, 2.05) is 6.92 Å². The number of amides is 1. The molecule has 1 aliphatic carbocycles. The molecule has 2 unspecified atom stereocenters. The number of carbonyl (C=O) groups is 2. The Labute approximate surface area is 183 Å². The van der Waals surface area contributed by atoms with Crippen LogP contribution in [0.1, 0.15) is 52.6 Å². The number of nitrogens with one attached hydrogen (secondary N) is 1. The van der Waals surface area contributed by atoms with Gasteiger partial charge in [-0.15, -0.1) is 0 Å². The van der Waals surface area contributed by atoms with Crippen LogP contribution in [0.25, 0.3) is 0 Å². The molecule has 170 valence electrons. The molecule has 2 atom stereocenters. The molecule has 1 amide bonds. The monoisotopic (exact) mass is 446 g/mol. The highest BCUT2D eigenvalue weighted by molar-refractivity contribution is 6.04. The Morgan fingerprint density at radius 3 is 2.62 bits per heavy atom. The van der Waals surface area contributed by atoms with E-state index < -0.39 is 34.0 Å². The second kappa shape index (κ2) is 7.81. The molecule has 0 saturated heterocycles. The fraction of sp³-hybridized carbons (Fsp3) is 0.435. The first-order valence-corrected chi connectivity index (χ1v) is 10.3. The molecule has 0 radical (unpaired) electrons. The minimum atomic E-state index is -0.807. The number of aromatic nitrogens is 1. The van der Waals surface area contributed by atoms with Gasteiger partial charge >= 0.3 is 0 Å². The van der Waals surface area contributed by atoms with Crippen LogP contribution in [0.15, 0.2) is 29.2 Å². The number of halogens is 2. The molecule has 2 heterocycles. The smallest absolute Gasteiger partial charge is 0.257 e. The number of ketones is 1. The second-order valence-corrected chi connectivity index (χ2v) is 8.51. The lowest BCUT2D eigenvalue weighted by molar-refractivity contribution is -0.0892. The number of fused-ring (bicyclic) bond motifs is 2. The van der Waals surface area contributed by atoms with E-state index in [0.717, 1.165) is 12.5 Å². The van der Waals surface area contributed by atoms with Crippen molar-refractivity contribution in [3.63, 3.8) is 0 Å². The number of ether oxygens (including phenoxy) is 2. The van der Waals surface area contributed by atoms with E-state index in [2.05, 4.69) is 5.32 Å². The molecular weight excluding hydrogens is 422 g/mol. The Balaban J connectivity index is 1.72. The molecule has 1 N–H and O–H groups in total. The summed E-state index contributed by atoms with van der Waals surface area (Å²) in [6.07, 6.45) is 3.42. The van der Waals surface area contributed by atoms with Gasteiger partial charge in [0.1, 0.15) is 22.9 Å². The Morgan fingerprint density at radius 2 is 1.97 bits per heavy atom. The van der Waals surface area contributed by atoms with Gasteiger partial charge < -0.3 is 19.4 Å². The van der Waals surface area contributed by atoms with E-state index in [-0.39, 0.29) is 41.4 Å². The summed E-state index contributed by atoms with van der Waals surface area (Å²) in [6.45, 7) is 1.88. The molecule has 1 aromatic carbocycles. The molecule has 0 bridgehead atoms. The summed E-state index contributed by atoms with van der Waals surface area (Å²) in [5.74, 6) is -2.75. The first-order valence-electron chi connectivity index (χ1n) is 10.3. The molecule has 0 spiro atoms. The molecule has 7 nitrogen and oxygen atoms in total. The van der Waals surface area contributed by atoms with Gasteiger partial charge in [-0.2, -0.15) is 0 Å². The number of hydrogen-bond acceptors (Lipinski definition) is 5. The van der Waals surface area contributed by atoms with Crippen molar-refractivity contribution in [2.45, 2.75) is 44.9 Å². The topological polar surface area (TPSA) is 86.6 Å². The predicted octanol–water partition coefficient (Wildman–Crippen LogP) is 2.84. The number of Topliss-reactive ketones (excluding diaryl/α,β-unsaturated/α-hetero) is 1. The van der Waals surface area contributed by atoms with Gasteiger partial charge in [0.25, 0.3) is 5.91 Å². The quantitative estimate of drug-likeness (QED) is 0.763. The number of carbonyl (C=O) groups excluding carboxylic acids is 2. The van der Waals surface area contributed by atoms with Crippen molar-refractivity contribution in [1.29, 1.82) is 0 Å². The van der Waals surface area contributed by atoms with E-state index in [1.165, 1.54) is 19.4 Å². The number of hydrogen-bond donors (Lipinski definition) is 1. The van der Waals surface area contributed by atoms with Crippen LogP contribution < -0.4 is 15.5 Å². The summed E-state index contributed by atoms with van der Waals surface area (Å²) in [6, 6.07) is 3.01. The lowest BCUT2D eigenvalue weighted by Crippen LogP contribution is -2.56. The first kappa shape index (κ1) is 22.1. The number of nitrogens with zero attached hydrogens (tertiary/aromatic N) is 1. The van der Waals surface area contributed by atoms with Crippen molar-refractivity contribution in [3.8, 4) is 5.75 Å². The van der Waals surface area contributed by atoms with Crippen molar-refractivity contribution in [3.05, 3.63) is 63.1 Å². The van der Waals surface area contributed by atoms with E-state index in [0.29, 0.717) is 18.9 Å². The summed E-state index contributed by atoms with van der Waals surface area (Å²) in [5, 5.41) is 2.48. The van der Waals surface area contributed by atoms with Crippen molar-refractivity contribution in [2.75, 3.05) is 14.2 Å². The van der Waals surface area contributed by atoms with Crippen LogP contribution in [0.3, 0.4) is 0 Å². The van der Waals surface area contributed by atoms with Crippen LogP contribution in [0, 0.1) is 17.0 Å². The van der Waals surface area contributed by atoms with Crippen LogP contribution >= 0.6 is 0 Å². The third-order valence-electron chi connectivity index (χ3n) is 6.94. The van der Waals surface area contributed by atoms with Crippen LogP contribution in [0.5, 0.6) is 5.75 Å². The van der Waals surface area contributed by atoms with Crippen molar-refractivity contribution >= 4 is 11.7 Å². The standard InChI is InChI=1S/C23H24F2N2O5/c1-22-7-4-8-23(22,32-3)12-27-11-15(18(28)19(31-2)17(27)20(22)29)21(30)26-10-13-5-6-14(24)9-16(13)25/h5-6,9,11H,4,7-8,10,12H2,1-3H3,(H,26,30). The fourth-order valence-corrected chi connectivity index (χ4v) is 5.02. The zero-order chi connectivity index (χ0) is 23.3. The van der Waals surface area contributed by atoms with Crippen molar-refractivity contribution in [1.82, 2.24) is 9.88 Å². The summed E-state index contributed by atoms with van der Waals surface area (Å²) < 4.78 is 39.6. The van der Waals surface area contributed by atoms with Gasteiger partial charge in [0.05, 0.1) is 24.7 Å². The Kier molecular flexibility index (Phi) is 5.40. The maximum absolute atomic E-state index is 13.9. The zero-order valence-corrected chi connectivity index (χ0v) is 18.1. The number of methoxy groups -OCH3 is 2. The molecule has 1 aliphatic heterocycles. The number of benzene rings is 1. The average Bonchev–Trinajstić information content (AvgIpc) is 3.11. The van der Waals surface area contributed by atoms with E-state index >= 15 is 0 Å². The summed E-state index contributed by atoms with van der Waals surface area (Å²) in [5.41, 5.74) is -2.33. The SMILES string of the molecule is COc1c2n(cc(C(=O)NCc3ccc(F)cc3F)c1=O)CC1(OC)CCCC1(C)C2=O. The molecular formula is C23H24F2N2O5. The highest BCUT2D eigenvalue weighted by Crippen LogP contribution is 2.54. The van der Waals surface area contributed by atoms with Crippen LogP contribution in [0.2, 0.25) is 0 Å². The third-order valence-corrected chi connectivity index (χ3v) is 6.94. The normalized spacial score (nSPS) is 24.1. The lowest BCUT2D eigenvalue weighted by Gasteiger charge is -2.46. The fourth-order valence-electron chi connectivity index (χ4n) is 5.02. The molecule has 1 fully saturated rings. The zero-order valence-electron chi connectivity index (χ0n) is 18.1. The molecule has 2 aliphatic rings. The molecule has 4 rings (SSSR count). The Bertz CT molecular complexity index is 1180. The minimum absolute atomic E-state index is 0.0695. The maximum Gasteiger partial charge on any atom is 0.257 e. The number of pyridine rings is 1. The highest BCUT2D eigenvalue weighted by Gasteiger charge is 2.60.